The van der Waals surface area contributed by atoms with Crippen LogP contribution in [0, 0.1) is 0 Å². The van der Waals surface area contributed by atoms with Crippen LogP contribution in [0.3, 0.4) is 0 Å². The summed E-state index contributed by atoms with van der Waals surface area (Å²) in [6, 6.07) is 9.11. The number of rotatable bonds is 4. The molecule has 0 saturated carbocycles. The molecule has 0 bridgehead atoms. The van der Waals surface area contributed by atoms with E-state index in [0.717, 1.165) is 5.69 Å². The Labute approximate surface area is 149 Å². The van der Waals surface area contributed by atoms with Gasteiger partial charge in [-0.3, -0.25) is 0 Å². The van der Waals surface area contributed by atoms with Gasteiger partial charge in [-0.25, -0.2) is 9.37 Å². The molecule has 26 heavy (non-hydrogen) atoms. The lowest BCUT2D eigenvalue weighted by molar-refractivity contribution is 0.0643. The molecule has 1 aliphatic heterocycles. The Morgan fingerprint density at radius 1 is 1.23 bits per heavy atom. The van der Waals surface area contributed by atoms with Crippen LogP contribution in [0.5, 0.6) is 11.8 Å². The fraction of sp³-hybridized carbons (Fsp3) is 0.278. The van der Waals surface area contributed by atoms with Crippen LogP contribution in [0.15, 0.2) is 48.9 Å². The summed E-state index contributed by atoms with van der Waals surface area (Å²) in [5, 5.41) is 21.2. The van der Waals surface area contributed by atoms with Crippen LogP contribution in [-0.4, -0.2) is 50.2 Å². The molecule has 1 saturated heterocycles. The maximum atomic E-state index is 13.8. The van der Waals surface area contributed by atoms with Gasteiger partial charge in [0.05, 0.1) is 6.20 Å². The lowest BCUT2D eigenvalue weighted by atomic mass is 10.1. The van der Waals surface area contributed by atoms with Crippen LogP contribution in [0.25, 0.3) is 16.9 Å². The van der Waals surface area contributed by atoms with E-state index < -0.39 is 12.3 Å². The molecule has 0 spiro atoms. The Hall–Kier alpha value is -3.00. The maximum absolute atomic E-state index is 13.8. The van der Waals surface area contributed by atoms with Crippen LogP contribution in [-0.2, 0) is 0 Å². The quantitative estimate of drug-likeness (QED) is 0.746. The van der Waals surface area contributed by atoms with E-state index in [1.54, 1.807) is 12.1 Å². The highest BCUT2D eigenvalue weighted by molar-refractivity contribution is 5.67. The normalized spacial score (nSPS) is 20.0. The molecule has 1 aromatic carbocycles. The molecule has 0 unspecified atom stereocenters. The van der Waals surface area contributed by atoms with Crippen LogP contribution in [0.2, 0.25) is 0 Å². The Kier molecular flexibility index (Phi) is 4.49. The van der Waals surface area contributed by atoms with Crippen LogP contribution in [0.1, 0.15) is 6.42 Å². The summed E-state index contributed by atoms with van der Waals surface area (Å²) in [6.07, 6.45) is 4.12. The summed E-state index contributed by atoms with van der Waals surface area (Å²) >= 11 is 0. The number of hydrogen-bond acceptors (Lipinski definition) is 6. The minimum atomic E-state index is -1.10. The molecule has 0 radical (unpaired) electrons. The Balaban J connectivity index is 1.51. The summed E-state index contributed by atoms with van der Waals surface area (Å²) in [5.41, 5.74) is 1.76. The predicted octanol–water partition coefficient (Wildman–Crippen LogP) is 2.11. The molecule has 2 atom stereocenters. The number of hydrogen-bond donors (Lipinski definition) is 2. The molecule has 2 N–H and O–H groups in total. The Morgan fingerprint density at radius 3 is 2.77 bits per heavy atom. The second-order valence-electron chi connectivity index (χ2n) is 6.08. The second-order valence-corrected chi connectivity index (χ2v) is 6.08. The minimum absolute atomic E-state index is 0.0340. The van der Waals surface area contributed by atoms with Crippen molar-refractivity contribution in [1.29, 1.82) is 0 Å². The lowest BCUT2D eigenvalue weighted by Gasteiger charge is -2.26. The Bertz CT molecular complexity index is 870. The number of piperidine rings is 1. The van der Waals surface area contributed by atoms with E-state index in [4.69, 9.17) is 4.74 Å². The highest BCUT2D eigenvalue weighted by Gasteiger charge is 2.27. The SMILES string of the molecule is Oc1cc(-n2cccc2)ccc1-c1cnc(O[C@H]2CCNC[C@H]2F)nn1. The first-order valence-electron chi connectivity index (χ1n) is 8.38. The molecule has 3 aromatic rings. The third-order valence-electron chi connectivity index (χ3n) is 4.31. The van der Waals surface area contributed by atoms with Gasteiger partial charge in [0.2, 0.25) is 0 Å². The molecule has 1 fully saturated rings. The van der Waals surface area contributed by atoms with Gasteiger partial charge in [0, 0.05) is 36.3 Å². The number of phenols is 1. The summed E-state index contributed by atoms with van der Waals surface area (Å²) in [6.45, 7) is 0.954. The van der Waals surface area contributed by atoms with Gasteiger partial charge in [-0.2, -0.15) is 0 Å². The molecule has 2 aromatic heterocycles. The van der Waals surface area contributed by atoms with E-state index in [-0.39, 0.29) is 18.3 Å². The number of phenolic OH excluding ortho intramolecular Hbond substituents is 1. The predicted molar refractivity (Wildman–Crippen MR) is 93.1 cm³/mol. The van der Waals surface area contributed by atoms with Crippen molar-refractivity contribution in [3.63, 3.8) is 0 Å². The van der Waals surface area contributed by atoms with E-state index in [2.05, 4.69) is 20.5 Å². The van der Waals surface area contributed by atoms with Crippen molar-refractivity contribution in [2.75, 3.05) is 13.1 Å². The first-order valence-corrected chi connectivity index (χ1v) is 8.38. The van der Waals surface area contributed by atoms with Crippen molar-refractivity contribution in [3.8, 4) is 28.7 Å². The highest BCUT2D eigenvalue weighted by atomic mass is 19.1. The summed E-state index contributed by atoms with van der Waals surface area (Å²) in [7, 11) is 0. The van der Waals surface area contributed by atoms with E-state index in [9.17, 15) is 9.50 Å². The monoisotopic (exact) mass is 355 g/mol. The zero-order valence-electron chi connectivity index (χ0n) is 13.9. The molecule has 3 heterocycles. The van der Waals surface area contributed by atoms with Crippen molar-refractivity contribution < 1.29 is 14.2 Å². The average Bonchev–Trinajstić information content (AvgIpc) is 3.19. The minimum Gasteiger partial charge on any atom is -0.507 e. The zero-order chi connectivity index (χ0) is 17.9. The molecule has 0 amide bonds. The van der Waals surface area contributed by atoms with Gasteiger partial charge in [-0.05, 0) is 37.2 Å². The van der Waals surface area contributed by atoms with Crippen molar-refractivity contribution in [2.24, 2.45) is 0 Å². The van der Waals surface area contributed by atoms with Gasteiger partial charge in [0.15, 0.2) is 0 Å². The number of benzene rings is 1. The van der Waals surface area contributed by atoms with Gasteiger partial charge in [-0.15, -0.1) is 5.10 Å². The number of nitrogens with one attached hydrogen (secondary N) is 1. The zero-order valence-corrected chi connectivity index (χ0v) is 13.9. The van der Waals surface area contributed by atoms with Gasteiger partial charge in [0.1, 0.15) is 23.7 Å². The van der Waals surface area contributed by atoms with Crippen molar-refractivity contribution >= 4 is 0 Å². The topological polar surface area (TPSA) is 85.1 Å². The maximum Gasteiger partial charge on any atom is 0.336 e. The van der Waals surface area contributed by atoms with Gasteiger partial charge < -0.3 is 19.7 Å². The number of alkyl halides is 1. The molecular weight excluding hydrogens is 337 g/mol. The Morgan fingerprint density at radius 2 is 2.08 bits per heavy atom. The average molecular weight is 355 g/mol. The third-order valence-corrected chi connectivity index (χ3v) is 4.31. The summed E-state index contributed by atoms with van der Waals surface area (Å²) in [5.74, 6) is 0.0724. The van der Waals surface area contributed by atoms with Crippen molar-refractivity contribution in [1.82, 2.24) is 25.1 Å². The highest BCUT2D eigenvalue weighted by Crippen LogP contribution is 2.29. The smallest absolute Gasteiger partial charge is 0.336 e. The van der Waals surface area contributed by atoms with Crippen LogP contribution in [0.4, 0.5) is 4.39 Å². The number of halogens is 1. The largest absolute Gasteiger partial charge is 0.507 e. The van der Waals surface area contributed by atoms with Crippen LogP contribution >= 0.6 is 0 Å². The molecule has 8 heteroatoms. The van der Waals surface area contributed by atoms with E-state index in [0.29, 0.717) is 24.2 Å². The molecule has 4 rings (SSSR count). The van der Waals surface area contributed by atoms with Gasteiger partial charge >= 0.3 is 6.01 Å². The summed E-state index contributed by atoms with van der Waals surface area (Å²) in [4.78, 5) is 4.10. The fourth-order valence-electron chi connectivity index (χ4n) is 2.91. The van der Waals surface area contributed by atoms with Gasteiger partial charge in [0.25, 0.3) is 0 Å². The third kappa shape index (κ3) is 3.36. The number of ether oxygens (including phenoxy) is 1. The van der Waals surface area contributed by atoms with E-state index >= 15 is 0 Å². The molecule has 1 aliphatic rings. The number of aromatic nitrogens is 4. The summed E-state index contributed by atoms with van der Waals surface area (Å²) < 4.78 is 21.2. The van der Waals surface area contributed by atoms with Crippen molar-refractivity contribution in [2.45, 2.75) is 18.7 Å². The van der Waals surface area contributed by atoms with Crippen LogP contribution < -0.4 is 10.1 Å². The molecule has 7 nitrogen and oxygen atoms in total. The van der Waals surface area contributed by atoms with Crippen molar-refractivity contribution in [3.05, 3.63) is 48.9 Å². The fourth-order valence-corrected chi connectivity index (χ4v) is 2.91. The second kappa shape index (κ2) is 7.09. The van der Waals surface area contributed by atoms with E-state index in [1.807, 2.05) is 35.2 Å². The van der Waals surface area contributed by atoms with Gasteiger partial charge in [-0.1, -0.05) is 5.10 Å². The first kappa shape index (κ1) is 16.5. The molecular formula is C18H18FN5O2. The molecule has 134 valence electrons. The number of aromatic hydroxyl groups is 1. The lowest BCUT2D eigenvalue weighted by Crippen LogP contribution is -2.44. The first-order chi connectivity index (χ1) is 12.7. The standard InChI is InChI=1S/C18H18FN5O2/c19-14-10-20-6-5-17(14)26-18-21-11-15(22-23-18)13-4-3-12(9-16(13)25)24-7-1-2-8-24/h1-4,7-9,11,14,17,20,25H,5-6,10H2/t14-,17+/m1/s1. The number of nitrogens with zero attached hydrogens (tertiary/aromatic N) is 4. The molecule has 0 aliphatic carbocycles. The van der Waals surface area contributed by atoms with E-state index in [1.165, 1.54) is 6.20 Å².